The van der Waals surface area contributed by atoms with Crippen molar-refractivity contribution in [2.24, 2.45) is 0 Å². The summed E-state index contributed by atoms with van der Waals surface area (Å²) in [4.78, 5) is 16.6. The largest absolute Gasteiger partial charge is 0.318 e. The highest BCUT2D eigenvalue weighted by molar-refractivity contribution is 9.10. The fourth-order valence-electron chi connectivity index (χ4n) is 2.38. The lowest BCUT2D eigenvalue weighted by Crippen LogP contribution is -2.57. The molecule has 1 aromatic rings. The van der Waals surface area contributed by atoms with Gasteiger partial charge in [0.15, 0.2) is 0 Å². The van der Waals surface area contributed by atoms with E-state index in [4.69, 9.17) is 0 Å². The molecule has 1 heterocycles. The molecular weight excluding hydrogens is 306 g/mol. The quantitative estimate of drug-likeness (QED) is 0.915. The van der Waals surface area contributed by atoms with E-state index in [9.17, 15) is 4.79 Å². The molecule has 1 N–H and O–H groups in total. The highest BCUT2D eigenvalue weighted by atomic mass is 79.9. The Bertz CT molecular complexity index is 452. The van der Waals surface area contributed by atoms with Crippen LogP contribution in [-0.4, -0.2) is 50.1 Å². The monoisotopic (exact) mass is 325 g/mol. The Morgan fingerprint density at radius 3 is 2.79 bits per heavy atom. The molecule has 1 fully saturated rings. The number of para-hydroxylation sites is 1. The summed E-state index contributed by atoms with van der Waals surface area (Å²) < 4.78 is 0.972. The molecule has 1 aromatic carbocycles. The van der Waals surface area contributed by atoms with E-state index in [0.29, 0.717) is 0 Å². The second kappa shape index (κ2) is 6.50. The lowest BCUT2D eigenvalue weighted by molar-refractivity contribution is -0.125. The maximum Gasteiger partial charge on any atom is 0.244 e. The van der Waals surface area contributed by atoms with Gasteiger partial charge in [-0.15, -0.1) is 0 Å². The first-order chi connectivity index (χ1) is 9.15. The van der Waals surface area contributed by atoms with Gasteiger partial charge in [-0.1, -0.05) is 12.1 Å². The molecule has 0 saturated carbocycles. The van der Waals surface area contributed by atoms with E-state index in [1.165, 1.54) is 0 Å². The Balaban J connectivity index is 2.11. The predicted molar refractivity (Wildman–Crippen MR) is 81.5 cm³/mol. The summed E-state index contributed by atoms with van der Waals surface area (Å²) in [5, 5.41) is 3.13. The van der Waals surface area contributed by atoms with Crippen molar-refractivity contribution in [3.63, 3.8) is 0 Å². The highest BCUT2D eigenvalue weighted by Gasteiger charge is 2.32. The molecule has 1 aliphatic heterocycles. The number of piperazine rings is 1. The first-order valence-corrected chi connectivity index (χ1v) is 7.39. The normalized spacial score (nSPS) is 20.9. The van der Waals surface area contributed by atoms with Crippen LogP contribution in [0.25, 0.3) is 0 Å². The van der Waals surface area contributed by atoms with Crippen LogP contribution in [0.2, 0.25) is 0 Å². The Morgan fingerprint density at radius 1 is 1.37 bits per heavy atom. The molecule has 19 heavy (non-hydrogen) atoms. The molecule has 1 amide bonds. The number of nitrogens with zero attached hydrogens (tertiary/aromatic N) is 2. The lowest BCUT2D eigenvalue weighted by atomic mass is 10.1. The first kappa shape index (κ1) is 14.5. The highest BCUT2D eigenvalue weighted by Crippen LogP contribution is 2.28. The van der Waals surface area contributed by atoms with E-state index in [2.05, 4.69) is 26.1 Å². The molecule has 0 bridgehead atoms. The average molecular weight is 326 g/mol. The van der Waals surface area contributed by atoms with E-state index >= 15 is 0 Å². The van der Waals surface area contributed by atoms with Crippen LogP contribution in [0.15, 0.2) is 28.7 Å². The molecule has 0 aliphatic carbocycles. The summed E-state index contributed by atoms with van der Waals surface area (Å²) in [5.41, 5.74) is 0.965. The van der Waals surface area contributed by atoms with Gasteiger partial charge in [0, 0.05) is 30.7 Å². The standard InChI is InChI=1S/C14H20BrN3O/c1-11-14(19)18(10-9-17(11)8-7-16-2)13-6-4-3-5-12(13)15/h3-6,11,16H,7-10H2,1-2H3. The summed E-state index contributed by atoms with van der Waals surface area (Å²) >= 11 is 3.52. The third-order valence-electron chi connectivity index (χ3n) is 3.57. The van der Waals surface area contributed by atoms with E-state index < -0.39 is 0 Å². The number of amides is 1. The van der Waals surface area contributed by atoms with Crippen LogP contribution in [-0.2, 0) is 4.79 Å². The number of halogens is 1. The second-order valence-electron chi connectivity index (χ2n) is 4.76. The topological polar surface area (TPSA) is 35.6 Å². The molecule has 4 nitrogen and oxygen atoms in total. The van der Waals surface area contributed by atoms with E-state index in [1.807, 2.05) is 43.1 Å². The van der Waals surface area contributed by atoms with Crippen LogP contribution in [0.3, 0.4) is 0 Å². The lowest BCUT2D eigenvalue weighted by Gasteiger charge is -2.39. The number of nitrogens with one attached hydrogen (secondary N) is 1. The Kier molecular flexibility index (Phi) is 4.96. The number of carbonyl (C=O) groups excluding carboxylic acids is 1. The van der Waals surface area contributed by atoms with Crippen molar-refractivity contribution in [1.82, 2.24) is 10.2 Å². The molecular formula is C14H20BrN3O. The minimum absolute atomic E-state index is 0.0609. The van der Waals surface area contributed by atoms with Gasteiger partial charge in [-0.05, 0) is 42.0 Å². The minimum atomic E-state index is -0.0609. The average Bonchev–Trinajstić information content (AvgIpc) is 2.42. The van der Waals surface area contributed by atoms with Crippen molar-refractivity contribution >= 4 is 27.5 Å². The van der Waals surface area contributed by atoms with Gasteiger partial charge < -0.3 is 10.2 Å². The maximum atomic E-state index is 12.5. The molecule has 5 heteroatoms. The van der Waals surface area contributed by atoms with Gasteiger partial charge in [-0.3, -0.25) is 9.69 Å². The molecule has 1 unspecified atom stereocenters. The zero-order valence-corrected chi connectivity index (χ0v) is 13.0. The molecule has 1 saturated heterocycles. The van der Waals surface area contributed by atoms with E-state index in [1.54, 1.807) is 0 Å². The summed E-state index contributed by atoms with van der Waals surface area (Å²) in [5.74, 6) is 0.175. The molecule has 0 radical (unpaired) electrons. The van der Waals surface area contributed by atoms with Crippen molar-refractivity contribution in [3.8, 4) is 0 Å². The number of hydrogen-bond acceptors (Lipinski definition) is 3. The molecule has 0 aromatic heterocycles. The minimum Gasteiger partial charge on any atom is -0.318 e. The Hall–Kier alpha value is -0.910. The van der Waals surface area contributed by atoms with Crippen LogP contribution in [0.4, 0.5) is 5.69 Å². The van der Waals surface area contributed by atoms with Gasteiger partial charge in [0.05, 0.1) is 11.7 Å². The van der Waals surface area contributed by atoms with Gasteiger partial charge in [0.2, 0.25) is 5.91 Å². The smallest absolute Gasteiger partial charge is 0.244 e. The summed E-state index contributed by atoms with van der Waals surface area (Å²) in [6.45, 7) is 5.46. The van der Waals surface area contributed by atoms with Crippen molar-refractivity contribution in [2.45, 2.75) is 13.0 Å². The van der Waals surface area contributed by atoms with Gasteiger partial charge in [0.1, 0.15) is 0 Å². The number of benzene rings is 1. The zero-order valence-electron chi connectivity index (χ0n) is 11.4. The number of likely N-dealkylation sites (N-methyl/N-ethyl adjacent to an activating group) is 1. The van der Waals surface area contributed by atoms with Crippen LogP contribution < -0.4 is 10.2 Å². The Morgan fingerprint density at radius 2 is 2.11 bits per heavy atom. The molecule has 1 aliphatic rings. The first-order valence-electron chi connectivity index (χ1n) is 6.59. The Labute approximate surface area is 122 Å². The number of rotatable bonds is 4. The maximum absolute atomic E-state index is 12.5. The molecule has 0 spiro atoms. The van der Waals surface area contributed by atoms with E-state index in [0.717, 1.165) is 36.3 Å². The van der Waals surface area contributed by atoms with Crippen molar-refractivity contribution in [1.29, 1.82) is 0 Å². The zero-order chi connectivity index (χ0) is 13.8. The summed E-state index contributed by atoms with van der Waals surface area (Å²) in [6.07, 6.45) is 0. The van der Waals surface area contributed by atoms with Crippen LogP contribution in [0, 0.1) is 0 Å². The van der Waals surface area contributed by atoms with Gasteiger partial charge >= 0.3 is 0 Å². The van der Waals surface area contributed by atoms with Crippen LogP contribution >= 0.6 is 15.9 Å². The van der Waals surface area contributed by atoms with Gasteiger partial charge in [0.25, 0.3) is 0 Å². The summed E-state index contributed by atoms with van der Waals surface area (Å²) in [6, 6.07) is 7.82. The number of hydrogen-bond donors (Lipinski definition) is 1. The van der Waals surface area contributed by atoms with Crippen molar-refractivity contribution in [2.75, 3.05) is 38.1 Å². The fourth-order valence-corrected chi connectivity index (χ4v) is 2.88. The third kappa shape index (κ3) is 3.16. The third-order valence-corrected chi connectivity index (χ3v) is 4.24. The summed E-state index contributed by atoms with van der Waals surface area (Å²) in [7, 11) is 1.93. The van der Waals surface area contributed by atoms with Gasteiger partial charge in [-0.25, -0.2) is 0 Å². The molecule has 104 valence electrons. The predicted octanol–water partition coefficient (Wildman–Crippen LogP) is 1.71. The van der Waals surface area contributed by atoms with Crippen LogP contribution in [0.1, 0.15) is 6.92 Å². The van der Waals surface area contributed by atoms with Crippen molar-refractivity contribution < 1.29 is 4.79 Å². The van der Waals surface area contributed by atoms with Crippen LogP contribution in [0.5, 0.6) is 0 Å². The number of anilines is 1. The van der Waals surface area contributed by atoms with E-state index in [-0.39, 0.29) is 11.9 Å². The van der Waals surface area contributed by atoms with Crippen molar-refractivity contribution in [3.05, 3.63) is 28.7 Å². The molecule has 2 rings (SSSR count). The second-order valence-corrected chi connectivity index (χ2v) is 5.61. The number of carbonyl (C=O) groups is 1. The molecule has 1 atom stereocenters. The SMILES string of the molecule is CNCCN1CCN(c2ccccc2Br)C(=O)C1C. The van der Waals surface area contributed by atoms with Gasteiger partial charge in [-0.2, -0.15) is 0 Å². The fraction of sp³-hybridized carbons (Fsp3) is 0.500.